The van der Waals surface area contributed by atoms with Gasteiger partial charge in [0.2, 0.25) is 0 Å². The Hall–Kier alpha value is -2.65. The first-order valence-electron chi connectivity index (χ1n) is 6.63. The van der Waals surface area contributed by atoms with Crippen LogP contribution in [0.25, 0.3) is 0 Å². The molecule has 0 saturated heterocycles. The third-order valence-electron chi connectivity index (χ3n) is 2.10. The molecule has 9 heteroatoms. The Morgan fingerprint density at radius 1 is 1.08 bits per heavy atom. The summed E-state index contributed by atoms with van der Waals surface area (Å²) in [6, 6.07) is 0. The average Bonchev–Trinajstić information content (AvgIpc) is 2.54. The van der Waals surface area contributed by atoms with E-state index in [2.05, 4.69) is 19.7 Å². The molecule has 5 N–H and O–H groups in total. The van der Waals surface area contributed by atoms with Gasteiger partial charge in [-0.25, -0.2) is 14.4 Å². The number of carboxylic acids is 3. The van der Waals surface area contributed by atoms with Gasteiger partial charge >= 0.3 is 17.9 Å². The number of ether oxygens (including phenoxy) is 1. The highest BCUT2D eigenvalue weighted by molar-refractivity contribution is 5.83. The first-order valence-corrected chi connectivity index (χ1v) is 6.63. The van der Waals surface area contributed by atoms with Crippen LogP contribution in [0.2, 0.25) is 0 Å². The van der Waals surface area contributed by atoms with Crippen LogP contribution in [-0.2, 0) is 19.1 Å². The van der Waals surface area contributed by atoms with E-state index in [1.165, 1.54) is 0 Å². The normalized spacial score (nSPS) is 11.1. The lowest BCUT2D eigenvalue weighted by Crippen LogP contribution is -2.24. The van der Waals surface area contributed by atoms with Gasteiger partial charge in [0.1, 0.15) is 6.10 Å². The molecule has 2 unspecified atom stereocenters. The fourth-order valence-corrected chi connectivity index (χ4v) is 0.928. The van der Waals surface area contributed by atoms with Crippen molar-refractivity contribution in [1.82, 2.24) is 0 Å². The molecule has 0 fully saturated rings. The molecule has 0 aliphatic rings. The van der Waals surface area contributed by atoms with Gasteiger partial charge in [0.05, 0.1) is 12.7 Å². The molecule has 0 aromatic rings. The van der Waals surface area contributed by atoms with Crippen molar-refractivity contribution in [3.63, 3.8) is 0 Å². The number of rotatable bonds is 9. The van der Waals surface area contributed by atoms with Crippen molar-refractivity contribution in [2.24, 2.45) is 0 Å². The molecular weight excluding hydrogens is 324 g/mol. The molecule has 0 aliphatic carbocycles. The third-order valence-corrected chi connectivity index (χ3v) is 2.10. The zero-order valence-corrected chi connectivity index (χ0v) is 13.4. The highest BCUT2D eigenvalue weighted by Crippen LogP contribution is 2.11. The summed E-state index contributed by atoms with van der Waals surface area (Å²) in [7, 11) is 0. The monoisotopic (exact) mass is 348 g/mol. The Bertz CT molecular complexity index is 411. The number of aliphatic hydroxyl groups excluding tert-OH is 2. The third kappa shape index (κ3) is 21.6. The summed E-state index contributed by atoms with van der Waals surface area (Å²) >= 11 is 0. The van der Waals surface area contributed by atoms with Crippen LogP contribution in [0.3, 0.4) is 0 Å². The predicted molar refractivity (Wildman–Crippen MR) is 85.3 cm³/mol. The molecule has 2 atom stereocenters. The van der Waals surface area contributed by atoms with E-state index in [0.717, 1.165) is 12.2 Å². The number of aliphatic hydroxyl groups is 2. The number of hydrogen-bond acceptors (Lipinski definition) is 6. The van der Waals surface area contributed by atoms with Crippen LogP contribution in [0, 0.1) is 0 Å². The molecule has 24 heavy (non-hydrogen) atoms. The number of carboxylic acid groups (broad SMARTS) is 3. The van der Waals surface area contributed by atoms with E-state index < -0.39 is 30.1 Å². The molecule has 138 valence electrons. The highest BCUT2D eigenvalue weighted by atomic mass is 16.5. The quantitative estimate of drug-likeness (QED) is 0.297. The Morgan fingerprint density at radius 3 is 1.67 bits per heavy atom. The minimum atomic E-state index is -1.22. The van der Waals surface area contributed by atoms with Crippen LogP contribution in [0.15, 0.2) is 37.6 Å². The summed E-state index contributed by atoms with van der Waals surface area (Å²) in [6.45, 7) is 10.6. The maximum Gasteiger partial charge on any atom is 0.370 e. The van der Waals surface area contributed by atoms with Crippen molar-refractivity contribution >= 4 is 17.9 Å². The van der Waals surface area contributed by atoms with Crippen LogP contribution in [0.5, 0.6) is 0 Å². The fraction of sp³-hybridized carbons (Fsp3) is 0.400. The van der Waals surface area contributed by atoms with Gasteiger partial charge in [0.15, 0.2) is 5.76 Å². The zero-order valence-electron chi connectivity index (χ0n) is 13.4. The van der Waals surface area contributed by atoms with Crippen molar-refractivity contribution in [3.8, 4) is 0 Å². The first kappa shape index (κ1) is 26.3. The van der Waals surface area contributed by atoms with Gasteiger partial charge in [-0.2, -0.15) is 0 Å². The SMILES string of the molecule is C=C(OC(CC)CC(O)CO)C(=O)O.C=CC(=O)O.C=CC(=O)O. The molecule has 0 aromatic heterocycles. The van der Waals surface area contributed by atoms with Crippen molar-refractivity contribution in [1.29, 1.82) is 0 Å². The summed E-state index contributed by atoms with van der Waals surface area (Å²) in [6.07, 6.45) is 1.09. The van der Waals surface area contributed by atoms with Crippen molar-refractivity contribution in [3.05, 3.63) is 37.6 Å². The molecule has 0 bridgehead atoms. The zero-order chi connectivity index (χ0) is 19.7. The maximum atomic E-state index is 10.4. The largest absolute Gasteiger partial charge is 0.484 e. The van der Waals surface area contributed by atoms with E-state index in [9.17, 15) is 14.4 Å². The molecule has 0 radical (unpaired) electrons. The summed E-state index contributed by atoms with van der Waals surface area (Å²) in [5.41, 5.74) is 0. The van der Waals surface area contributed by atoms with Crippen molar-refractivity contribution < 1.29 is 44.7 Å². The van der Waals surface area contributed by atoms with Gasteiger partial charge in [0.25, 0.3) is 0 Å². The second-order valence-corrected chi connectivity index (χ2v) is 4.03. The van der Waals surface area contributed by atoms with Crippen LogP contribution in [-0.4, -0.2) is 62.3 Å². The minimum Gasteiger partial charge on any atom is -0.484 e. The van der Waals surface area contributed by atoms with Crippen molar-refractivity contribution in [2.45, 2.75) is 32.0 Å². The van der Waals surface area contributed by atoms with Gasteiger partial charge in [-0.3, -0.25) is 0 Å². The molecule has 0 amide bonds. The van der Waals surface area contributed by atoms with Gasteiger partial charge in [-0.15, -0.1) is 0 Å². The molecule has 0 spiro atoms. The Balaban J connectivity index is -0.000000361. The Morgan fingerprint density at radius 2 is 1.46 bits per heavy atom. The molecule has 0 saturated carbocycles. The van der Waals surface area contributed by atoms with E-state index in [4.69, 9.17) is 30.3 Å². The molecule has 0 rings (SSSR count). The number of aliphatic carboxylic acids is 3. The molecular formula is C15H24O9. The fourth-order valence-electron chi connectivity index (χ4n) is 0.928. The van der Waals surface area contributed by atoms with E-state index in [-0.39, 0.29) is 18.8 Å². The summed E-state index contributed by atoms with van der Waals surface area (Å²) in [5, 5.41) is 41.4. The lowest BCUT2D eigenvalue weighted by Gasteiger charge is -2.19. The molecule has 0 heterocycles. The highest BCUT2D eigenvalue weighted by Gasteiger charge is 2.16. The van der Waals surface area contributed by atoms with E-state index in [0.29, 0.717) is 6.42 Å². The second-order valence-electron chi connectivity index (χ2n) is 4.03. The smallest absolute Gasteiger partial charge is 0.370 e. The summed E-state index contributed by atoms with van der Waals surface area (Å²) in [5.74, 6) is -3.53. The first-order chi connectivity index (χ1) is 11.0. The minimum absolute atomic E-state index is 0.194. The standard InChI is InChI=1S/C9H16O5.2C3H4O2/c1-3-8(4-7(11)5-10)14-6(2)9(12)13;2*1-2-3(4)5/h7-8,10-11H,2-5H2,1H3,(H,12,13);2*2H,1H2,(H,4,5). The van der Waals surface area contributed by atoms with Gasteiger partial charge in [0, 0.05) is 18.6 Å². The van der Waals surface area contributed by atoms with E-state index in [1.54, 1.807) is 6.92 Å². The number of carbonyl (C=O) groups is 3. The van der Waals surface area contributed by atoms with Gasteiger partial charge in [-0.1, -0.05) is 20.1 Å². The topological polar surface area (TPSA) is 162 Å². The average molecular weight is 348 g/mol. The van der Waals surface area contributed by atoms with Crippen LogP contribution >= 0.6 is 0 Å². The van der Waals surface area contributed by atoms with Crippen LogP contribution in [0.4, 0.5) is 0 Å². The van der Waals surface area contributed by atoms with Gasteiger partial charge in [-0.05, 0) is 13.0 Å². The molecule has 0 aliphatic heterocycles. The molecule has 0 aromatic carbocycles. The Kier molecular flexibility index (Phi) is 18.3. The van der Waals surface area contributed by atoms with E-state index in [1.807, 2.05) is 0 Å². The Labute approximate surface area is 139 Å². The van der Waals surface area contributed by atoms with Crippen LogP contribution < -0.4 is 0 Å². The van der Waals surface area contributed by atoms with E-state index >= 15 is 0 Å². The molecule has 9 nitrogen and oxygen atoms in total. The van der Waals surface area contributed by atoms with Crippen molar-refractivity contribution in [2.75, 3.05) is 6.61 Å². The maximum absolute atomic E-state index is 10.4. The summed E-state index contributed by atoms with van der Waals surface area (Å²) < 4.78 is 4.97. The van der Waals surface area contributed by atoms with Crippen LogP contribution in [0.1, 0.15) is 19.8 Å². The summed E-state index contributed by atoms with van der Waals surface area (Å²) in [4.78, 5) is 28.9. The number of hydrogen-bond donors (Lipinski definition) is 5. The second kappa shape index (κ2) is 16.7. The van der Waals surface area contributed by atoms with Gasteiger partial charge < -0.3 is 30.3 Å². The lowest BCUT2D eigenvalue weighted by atomic mass is 10.1. The predicted octanol–water partition coefficient (Wildman–Crippen LogP) is 0.637. The lowest BCUT2D eigenvalue weighted by molar-refractivity contribution is -0.138.